The lowest BCUT2D eigenvalue weighted by atomic mass is 9.86. The van der Waals surface area contributed by atoms with Crippen LogP contribution >= 0.6 is 11.6 Å². The van der Waals surface area contributed by atoms with Crippen molar-refractivity contribution in [1.82, 2.24) is 19.9 Å². The molecule has 0 saturated heterocycles. The van der Waals surface area contributed by atoms with Gasteiger partial charge in [0, 0.05) is 18.8 Å². The van der Waals surface area contributed by atoms with Crippen LogP contribution in [0, 0.1) is 5.92 Å². The molecule has 1 aliphatic carbocycles. The number of imidazole rings is 1. The Hall–Kier alpha value is -2.81. The molecule has 2 N–H and O–H groups in total. The molecule has 2 aromatic heterocycles. The SMILES string of the molecule is O=C(NC1CCC(CNc2cnc3cccnn23)CC1)c1cc(C(F)(F)F)ccc1Cl. The van der Waals surface area contributed by atoms with Crippen LogP contribution in [0.3, 0.4) is 0 Å². The number of alkyl halides is 3. The fraction of sp³-hybridized carbons (Fsp3) is 0.381. The Morgan fingerprint density at radius 1 is 1.19 bits per heavy atom. The van der Waals surface area contributed by atoms with Crippen LogP contribution in [-0.4, -0.2) is 33.1 Å². The molecule has 4 rings (SSSR count). The molecule has 0 atom stereocenters. The Morgan fingerprint density at radius 2 is 1.97 bits per heavy atom. The largest absolute Gasteiger partial charge is 0.416 e. The van der Waals surface area contributed by atoms with Gasteiger partial charge in [0.05, 0.1) is 22.3 Å². The van der Waals surface area contributed by atoms with E-state index in [4.69, 9.17) is 11.6 Å². The molecule has 6 nitrogen and oxygen atoms in total. The van der Waals surface area contributed by atoms with Gasteiger partial charge in [-0.2, -0.15) is 22.8 Å². The first kappa shape index (κ1) is 21.4. The number of nitrogens with one attached hydrogen (secondary N) is 2. The number of carbonyl (C=O) groups excluding carboxylic acids is 1. The van der Waals surface area contributed by atoms with E-state index in [1.54, 1.807) is 16.9 Å². The highest BCUT2D eigenvalue weighted by Gasteiger charge is 2.32. The second-order valence-electron chi connectivity index (χ2n) is 7.70. The smallest absolute Gasteiger partial charge is 0.368 e. The second-order valence-corrected chi connectivity index (χ2v) is 8.11. The quantitative estimate of drug-likeness (QED) is 0.584. The minimum atomic E-state index is -4.53. The van der Waals surface area contributed by atoms with Gasteiger partial charge in [0.15, 0.2) is 5.65 Å². The molecule has 0 bridgehead atoms. The third kappa shape index (κ3) is 4.92. The van der Waals surface area contributed by atoms with E-state index in [1.807, 2.05) is 12.1 Å². The summed E-state index contributed by atoms with van der Waals surface area (Å²) in [6, 6.07) is 6.40. The van der Waals surface area contributed by atoms with E-state index in [9.17, 15) is 18.0 Å². The third-order valence-corrected chi connectivity index (χ3v) is 5.90. The maximum atomic E-state index is 12.9. The molecule has 10 heteroatoms. The summed E-state index contributed by atoms with van der Waals surface area (Å²) in [5.74, 6) is 0.666. The summed E-state index contributed by atoms with van der Waals surface area (Å²) in [5.41, 5.74) is -0.274. The number of nitrogens with zero attached hydrogens (tertiary/aromatic N) is 3. The normalized spacial score (nSPS) is 19.4. The van der Waals surface area contributed by atoms with Crippen molar-refractivity contribution in [2.75, 3.05) is 11.9 Å². The number of fused-ring (bicyclic) bond motifs is 1. The van der Waals surface area contributed by atoms with E-state index in [2.05, 4.69) is 20.7 Å². The molecule has 31 heavy (non-hydrogen) atoms. The second kappa shape index (κ2) is 8.74. The van der Waals surface area contributed by atoms with Crippen molar-refractivity contribution in [3.05, 3.63) is 58.9 Å². The molecule has 0 aliphatic heterocycles. The maximum Gasteiger partial charge on any atom is 0.416 e. The van der Waals surface area contributed by atoms with Gasteiger partial charge in [-0.05, 0) is 61.9 Å². The summed E-state index contributed by atoms with van der Waals surface area (Å²) >= 11 is 5.96. The Kier molecular flexibility index (Phi) is 6.04. The fourth-order valence-electron chi connectivity index (χ4n) is 3.85. The topological polar surface area (TPSA) is 71.3 Å². The summed E-state index contributed by atoms with van der Waals surface area (Å²) in [5, 5.41) is 10.5. The van der Waals surface area contributed by atoms with Gasteiger partial charge in [-0.1, -0.05) is 11.6 Å². The lowest BCUT2D eigenvalue weighted by Gasteiger charge is -2.29. The van der Waals surface area contributed by atoms with Crippen LogP contribution in [0.5, 0.6) is 0 Å². The number of rotatable bonds is 5. The first-order chi connectivity index (χ1) is 14.8. The number of anilines is 1. The fourth-order valence-corrected chi connectivity index (χ4v) is 4.05. The first-order valence-electron chi connectivity index (χ1n) is 10.0. The third-order valence-electron chi connectivity index (χ3n) is 5.57. The van der Waals surface area contributed by atoms with Crippen LogP contribution in [-0.2, 0) is 6.18 Å². The van der Waals surface area contributed by atoms with Crippen LogP contribution in [0.15, 0.2) is 42.7 Å². The average molecular weight is 452 g/mol. The Balaban J connectivity index is 1.30. The zero-order valence-corrected chi connectivity index (χ0v) is 17.2. The van der Waals surface area contributed by atoms with Crippen LogP contribution in [0.4, 0.5) is 19.0 Å². The number of amides is 1. The first-order valence-corrected chi connectivity index (χ1v) is 10.4. The summed E-state index contributed by atoms with van der Waals surface area (Å²) in [7, 11) is 0. The molecule has 1 amide bonds. The van der Waals surface area contributed by atoms with E-state index in [0.717, 1.165) is 61.9 Å². The number of hydrogen-bond acceptors (Lipinski definition) is 4. The number of carbonyl (C=O) groups is 1. The number of hydrogen-bond donors (Lipinski definition) is 2. The predicted octanol–water partition coefficient (Wildman–Crippen LogP) is 4.80. The average Bonchev–Trinajstić information content (AvgIpc) is 3.16. The van der Waals surface area contributed by atoms with Crippen LogP contribution < -0.4 is 10.6 Å². The minimum absolute atomic E-state index is 0.00466. The molecule has 1 aliphatic rings. The molecule has 1 saturated carbocycles. The zero-order valence-electron chi connectivity index (χ0n) is 16.5. The van der Waals surface area contributed by atoms with Gasteiger partial charge in [-0.3, -0.25) is 4.79 Å². The summed E-state index contributed by atoms with van der Waals surface area (Å²) in [6.07, 6.45) is 2.19. The van der Waals surface area contributed by atoms with E-state index >= 15 is 0 Å². The van der Waals surface area contributed by atoms with Crippen molar-refractivity contribution in [3.63, 3.8) is 0 Å². The molecular weight excluding hydrogens is 431 g/mol. The van der Waals surface area contributed by atoms with Gasteiger partial charge < -0.3 is 10.6 Å². The summed E-state index contributed by atoms with van der Waals surface area (Å²) < 4.78 is 40.5. The lowest BCUT2D eigenvalue weighted by molar-refractivity contribution is -0.137. The molecule has 1 fully saturated rings. The van der Waals surface area contributed by atoms with Gasteiger partial charge >= 0.3 is 6.18 Å². The monoisotopic (exact) mass is 451 g/mol. The van der Waals surface area contributed by atoms with Gasteiger partial charge in [-0.25, -0.2) is 4.98 Å². The van der Waals surface area contributed by atoms with Crippen LogP contribution in [0.2, 0.25) is 5.02 Å². The predicted molar refractivity (Wildman–Crippen MR) is 111 cm³/mol. The van der Waals surface area contributed by atoms with Gasteiger partial charge in [0.2, 0.25) is 0 Å². The van der Waals surface area contributed by atoms with Crippen molar-refractivity contribution in [1.29, 1.82) is 0 Å². The number of halogens is 4. The van der Waals surface area contributed by atoms with Gasteiger partial charge in [-0.15, -0.1) is 0 Å². The Bertz CT molecular complexity index is 1080. The summed E-state index contributed by atoms with van der Waals surface area (Å²) in [4.78, 5) is 16.8. The standard InChI is InChI=1S/C21H21ClF3N5O/c22-17-8-5-14(21(23,24)25)10-16(17)20(31)29-15-6-3-13(4-7-15)11-26-19-12-27-18-2-1-9-28-30(18)19/h1-2,5,8-10,12-13,15,26H,3-4,6-7,11H2,(H,29,31). The highest BCUT2D eigenvalue weighted by Crippen LogP contribution is 2.32. The molecule has 0 radical (unpaired) electrons. The van der Waals surface area contributed by atoms with Crippen LogP contribution in [0.1, 0.15) is 41.6 Å². The van der Waals surface area contributed by atoms with E-state index < -0.39 is 17.6 Å². The highest BCUT2D eigenvalue weighted by molar-refractivity contribution is 6.33. The van der Waals surface area contributed by atoms with E-state index in [0.29, 0.717) is 5.92 Å². The number of benzene rings is 1. The molecule has 164 valence electrons. The van der Waals surface area contributed by atoms with Crippen LogP contribution in [0.25, 0.3) is 5.65 Å². The highest BCUT2D eigenvalue weighted by atomic mass is 35.5. The van der Waals surface area contributed by atoms with Crippen molar-refractivity contribution in [2.45, 2.75) is 37.9 Å². The molecule has 0 unspecified atom stereocenters. The van der Waals surface area contributed by atoms with E-state index in [-0.39, 0.29) is 16.6 Å². The van der Waals surface area contributed by atoms with Crippen molar-refractivity contribution < 1.29 is 18.0 Å². The van der Waals surface area contributed by atoms with Crippen molar-refractivity contribution in [3.8, 4) is 0 Å². The molecule has 3 aromatic rings. The number of aromatic nitrogens is 3. The molecule has 1 aromatic carbocycles. The maximum absolute atomic E-state index is 12.9. The Morgan fingerprint density at radius 3 is 2.71 bits per heavy atom. The van der Waals surface area contributed by atoms with Crippen molar-refractivity contribution >= 4 is 29.0 Å². The van der Waals surface area contributed by atoms with Crippen molar-refractivity contribution in [2.24, 2.45) is 5.92 Å². The molecule has 0 spiro atoms. The summed E-state index contributed by atoms with van der Waals surface area (Å²) in [6.45, 7) is 0.754. The van der Waals surface area contributed by atoms with E-state index in [1.165, 1.54) is 0 Å². The lowest BCUT2D eigenvalue weighted by Crippen LogP contribution is -2.38. The van der Waals surface area contributed by atoms with Gasteiger partial charge in [0.1, 0.15) is 5.82 Å². The Labute approximate surface area is 181 Å². The molecule has 2 heterocycles. The zero-order chi connectivity index (χ0) is 22.0. The molecular formula is C21H21ClF3N5O. The minimum Gasteiger partial charge on any atom is -0.368 e. The van der Waals surface area contributed by atoms with Gasteiger partial charge in [0.25, 0.3) is 5.91 Å².